The van der Waals surface area contributed by atoms with Crippen molar-refractivity contribution in [1.29, 1.82) is 0 Å². The van der Waals surface area contributed by atoms with Gasteiger partial charge in [0.15, 0.2) is 0 Å². The molecule has 174 valence electrons. The highest BCUT2D eigenvalue weighted by Crippen LogP contribution is 2.37. The Balaban J connectivity index is 1.59. The maximum Gasteiger partial charge on any atom is 0.319 e. The molecule has 3 N–H and O–H groups in total. The van der Waals surface area contributed by atoms with Crippen molar-refractivity contribution >= 4 is 23.1 Å². The number of nitrogens with one attached hydrogen (secondary N) is 1. The van der Waals surface area contributed by atoms with Gasteiger partial charge in [0.2, 0.25) is 0 Å². The lowest BCUT2D eigenvalue weighted by atomic mass is 9.80. The van der Waals surface area contributed by atoms with Crippen LogP contribution in [-0.2, 0) is 6.54 Å². The Morgan fingerprint density at radius 2 is 2.12 bits per heavy atom. The van der Waals surface area contributed by atoms with Crippen LogP contribution in [0.25, 0.3) is 0 Å². The molecule has 0 spiro atoms. The van der Waals surface area contributed by atoms with Crippen molar-refractivity contribution in [2.75, 3.05) is 18.0 Å². The van der Waals surface area contributed by atoms with Crippen LogP contribution in [0.5, 0.6) is 0 Å². The summed E-state index contributed by atoms with van der Waals surface area (Å²) in [5.41, 5.74) is 7.34. The number of halogens is 1. The molecule has 4 rings (SSSR count). The van der Waals surface area contributed by atoms with Gasteiger partial charge in [-0.2, -0.15) is 11.3 Å². The number of rotatable bonds is 7. The Morgan fingerprint density at radius 1 is 1.31 bits per heavy atom. The molecule has 5 nitrogen and oxygen atoms in total. The number of carbonyl (C=O) groups excluding carboxylic acids is 1. The number of hydrogen-bond acceptors (Lipinski definition) is 4. The van der Waals surface area contributed by atoms with Crippen molar-refractivity contribution in [2.45, 2.75) is 76.0 Å². The first-order chi connectivity index (χ1) is 15.5. The van der Waals surface area contributed by atoms with Gasteiger partial charge in [-0.25, -0.2) is 9.18 Å². The van der Waals surface area contributed by atoms with Crippen LogP contribution >= 0.6 is 11.3 Å². The summed E-state index contributed by atoms with van der Waals surface area (Å²) in [4.78, 5) is 16.9. The quantitative estimate of drug-likeness (QED) is 0.606. The van der Waals surface area contributed by atoms with Crippen molar-refractivity contribution in [1.82, 2.24) is 10.2 Å². The number of likely N-dealkylation sites (tertiary alicyclic amines) is 1. The summed E-state index contributed by atoms with van der Waals surface area (Å²) >= 11 is 1.72. The first kappa shape index (κ1) is 23.2. The second-order valence-electron chi connectivity index (χ2n) is 9.50. The standard InChI is InChI=1S/C25H35FN4OS/c1-19-15-25(18-28-22-7-3-2-4-8-22,11-12-29(19)16-20-10-13-32-17-20)30(24(27)31)23-9-5-6-21(26)14-23/h5-6,9-10,13-14,17,19,22,28H,2-4,7-8,11-12,15-16,18H2,1H3,(H2,27,31)/t19-,25+/m0/s1. The molecule has 2 aliphatic rings. The molecule has 0 bridgehead atoms. The fourth-order valence-corrected chi connectivity index (χ4v) is 6.20. The van der Waals surface area contributed by atoms with Crippen LogP contribution in [0.15, 0.2) is 41.1 Å². The average Bonchev–Trinajstić information content (AvgIpc) is 3.28. The van der Waals surface area contributed by atoms with Gasteiger partial charge in [0.1, 0.15) is 5.82 Å². The number of nitrogens with zero attached hydrogens (tertiary/aromatic N) is 2. The lowest BCUT2D eigenvalue weighted by molar-refractivity contribution is 0.0932. The number of benzene rings is 1. The van der Waals surface area contributed by atoms with E-state index in [0.717, 1.165) is 25.9 Å². The summed E-state index contributed by atoms with van der Waals surface area (Å²) in [6, 6.07) is 8.67. The zero-order valence-electron chi connectivity index (χ0n) is 18.9. The first-order valence-electron chi connectivity index (χ1n) is 11.8. The van der Waals surface area contributed by atoms with Gasteiger partial charge in [-0.1, -0.05) is 25.3 Å². The smallest absolute Gasteiger partial charge is 0.319 e. The summed E-state index contributed by atoms with van der Waals surface area (Å²) in [6.07, 6.45) is 7.72. The van der Waals surface area contributed by atoms with Crippen LogP contribution in [0.2, 0.25) is 0 Å². The lowest BCUT2D eigenvalue weighted by Crippen LogP contribution is -2.65. The number of urea groups is 1. The van der Waals surface area contributed by atoms with Crippen LogP contribution in [-0.4, -0.2) is 41.6 Å². The largest absolute Gasteiger partial charge is 0.351 e. The second kappa shape index (κ2) is 10.3. The van der Waals surface area contributed by atoms with Crippen LogP contribution in [0, 0.1) is 5.82 Å². The maximum atomic E-state index is 14.1. The molecule has 1 aromatic heterocycles. The molecular formula is C25H35FN4OS. The van der Waals surface area contributed by atoms with Crippen LogP contribution in [0.1, 0.15) is 57.4 Å². The van der Waals surface area contributed by atoms with Gasteiger partial charge in [0.25, 0.3) is 0 Å². The summed E-state index contributed by atoms with van der Waals surface area (Å²) in [5.74, 6) is -0.355. The van der Waals surface area contributed by atoms with Crippen LogP contribution in [0.4, 0.5) is 14.9 Å². The SMILES string of the molecule is C[C@H]1C[C@](CNC2CCCCC2)(N(C(N)=O)c2cccc(F)c2)CCN1Cc1ccsc1. The number of hydrogen-bond donors (Lipinski definition) is 2. The summed E-state index contributed by atoms with van der Waals surface area (Å²) < 4.78 is 14.1. The van der Waals surface area contributed by atoms with E-state index < -0.39 is 11.6 Å². The number of primary amides is 1. The minimum atomic E-state index is -0.514. The number of piperidine rings is 1. The van der Waals surface area contributed by atoms with Crippen molar-refractivity contribution < 1.29 is 9.18 Å². The molecule has 32 heavy (non-hydrogen) atoms. The van der Waals surface area contributed by atoms with Crippen molar-refractivity contribution in [3.63, 3.8) is 0 Å². The molecular weight excluding hydrogens is 423 g/mol. The molecule has 0 unspecified atom stereocenters. The Kier molecular flexibility index (Phi) is 7.48. The highest BCUT2D eigenvalue weighted by Gasteiger charge is 2.45. The third-order valence-corrected chi connectivity index (χ3v) is 7.95. The van der Waals surface area contributed by atoms with E-state index in [1.165, 1.54) is 49.8 Å². The second-order valence-corrected chi connectivity index (χ2v) is 10.3. The van der Waals surface area contributed by atoms with E-state index in [2.05, 4.69) is 34.0 Å². The zero-order chi connectivity index (χ0) is 22.6. The summed E-state index contributed by atoms with van der Waals surface area (Å²) in [7, 11) is 0. The zero-order valence-corrected chi connectivity index (χ0v) is 19.7. The minimum Gasteiger partial charge on any atom is -0.351 e. The molecule has 2 atom stereocenters. The Bertz CT molecular complexity index is 886. The monoisotopic (exact) mass is 458 g/mol. The molecule has 1 saturated carbocycles. The van der Waals surface area contributed by atoms with Gasteiger partial charge in [-0.05, 0) is 73.2 Å². The number of amides is 2. The van der Waals surface area contributed by atoms with Crippen molar-refractivity contribution in [2.24, 2.45) is 5.73 Å². The fraction of sp³-hybridized carbons (Fsp3) is 0.560. The highest BCUT2D eigenvalue weighted by atomic mass is 32.1. The van der Waals surface area contributed by atoms with Crippen molar-refractivity contribution in [3.8, 4) is 0 Å². The van der Waals surface area contributed by atoms with Gasteiger partial charge < -0.3 is 11.1 Å². The molecule has 2 aromatic rings. The van der Waals surface area contributed by atoms with Gasteiger partial charge in [0.05, 0.1) is 5.54 Å². The normalized spacial score (nSPS) is 25.0. The van der Waals surface area contributed by atoms with E-state index in [1.54, 1.807) is 28.4 Å². The van der Waals surface area contributed by atoms with E-state index in [0.29, 0.717) is 18.3 Å². The topological polar surface area (TPSA) is 61.6 Å². The Labute approximate surface area is 194 Å². The summed E-state index contributed by atoms with van der Waals surface area (Å²) in [5, 5.41) is 8.08. The molecule has 1 aliphatic carbocycles. The van der Waals surface area contributed by atoms with Gasteiger partial charge >= 0.3 is 6.03 Å². The van der Waals surface area contributed by atoms with E-state index >= 15 is 0 Å². The maximum absolute atomic E-state index is 14.1. The van der Waals surface area contributed by atoms with E-state index in [-0.39, 0.29) is 11.9 Å². The van der Waals surface area contributed by atoms with Gasteiger partial charge in [-0.15, -0.1) is 0 Å². The van der Waals surface area contributed by atoms with Crippen LogP contribution < -0.4 is 16.0 Å². The van der Waals surface area contributed by atoms with Crippen molar-refractivity contribution in [3.05, 3.63) is 52.5 Å². The molecule has 2 amide bonds. The molecule has 7 heteroatoms. The van der Waals surface area contributed by atoms with E-state index in [9.17, 15) is 9.18 Å². The predicted octanol–water partition coefficient (Wildman–Crippen LogP) is 5.12. The molecule has 2 heterocycles. The molecule has 1 aromatic carbocycles. The number of carbonyl (C=O) groups is 1. The summed E-state index contributed by atoms with van der Waals surface area (Å²) in [6.45, 7) is 4.68. The molecule has 0 radical (unpaired) electrons. The third kappa shape index (κ3) is 5.33. The predicted molar refractivity (Wildman–Crippen MR) is 129 cm³/mol. The van der Waals surface area contributed by atoms with Gasteiger partial charge in [-0.3, -0.25) is 9.80 Å². The van der Waals surface area contributed by atoms with Gasteiger partial charge in [0, 0.05) is 37.4 Å². The molecule has 2 fully saturated rings. The minimum absolute atomic E-state index is 0.271. The Morgan fingerprint density at radius 3 is 2.78 bits per heavy atom. The first-order valence-corrected chi connectivity index (χ1v) is 12.7. The number of anilines is 1. The number of thiophene rings is 1. The third-order valence-electron chi connectivity index (χ3n) is 7.21. The van der Waals surface area contributed by atoms with Crippen LogP contribution in [0.3, 0.4) is 0 Å². The highest BCUT2D eigenvalue weighted by molar-refractivity contribution is 7.07. The van der Waals surface area contributed by atoms with E-state index in [4.69, 9.17) is 5.73 Å². The Hall–Kier alpha value is -1.96. The van der Waals surface area contributed by atoms with E-state index in [1.807, 2.05) is 0 Å². The lowest BCUT2D eigenvalue weighted by Gasteiger charge is -2.51. The average molecular weight is 459 g/mol. The number of nitrogens with two attached hydrogens (primary N) is 1. The molecule has 1 aliphatic heterocycles. The fourth-order valence-electron chi connectivity index (χ4n) is 5.54. The molecule has 1 saturated heterocycles.